The molecule has 1 rings (SSSR count). The Morgan fingerprint density at radius 3 is 1.42 bits per heavy atom. The third kappa shape index (κ3) is 4.79. The molecule has 0 spiro atoms. The van der Waals surface area contributed by atoms with Crippen LogP contribution in [0, 0.1) is 0 Å². The first-order valence-electron chi connectivity index (χ1n) is 4.15. The number of rotatable bonds is 0. The second kappa shape index (κ2) is 4.93. The van der Waals surface area contributed by atoms with Crippen molar-refractivity contribution in [2.24, 2.45) is 0 Å². The van der Waals surface area contributed by atoms with Crippen molar-refractivity contribution >= 4 is 0 Å². The molecule has 68 valence electrons. The largest absolute Gasteiger partial charge is 2.00 e. The van der Waals surface area contributed by atoms with Gasteiger partial charge in [0.1, 0.15) is 0 Å². The van der Waals surface area contributed by atoms with Crippen LogP contribution in [0.5, 0.6) is 0 Å². The van der Waals surface area contributed by atoms with E-state index >= 15 is 0 Å². The number of hydrogen-bond acceptors (Lipinski definition) is 0. The van der Waals surface area contributed by atoms with E-state index < -0.39 is 0 Å². The van der Waals surface area contributed by atoms with Crippen LogP contribution in [0.4, 0.5) is 0 Å². The summed E-state index contributed by atoms with van der Waals surface area (Å²) in [6.07, 6.45) is 3.86. The minimum absolute atomic E-state index is 0. The van der Waals surface area contributed by atoms with Gasteiger partial charge in [-0.3, -0.25) is 0 Å². The van der Waals surface area contributed by atoms with Crippen molar-refractivity contribution in [1.29, 1.82) is 0 Å². The van der Waals surface area contributed by atoms with Crippen LogP contribution in [0.1, 0.15) is 47.0 Å². The second-order valence-electron chi connectivity index (χ2n) is 4.59. The molecule has 1 aliphatic rings. The van der Waals surface area contributed by atoms with Gasteiger partial charge in [0.2, 0.25) is 0 Å². The van der Waals surface area contributed by atoms with E-state index in [0.717, 1.165) is 0 Å². The number of nitrogens with zero attached hydrogens (tertiary/aromatic N) is 1. The zero-order valence-corrected chi connectivity index (χ0v) is 12.4. The van der Waals surface area contributed by atoms with Gasteiger partial charge in [0.15, 0.2) is 0 Å². The van der Waals surface area contributed by atoms with Crippen molar-refractivity contribution < 1.29 is 31.9 Å². The van der Waals surface area contributed by atoms with Gasteiger partial charge in [0, 0.05) is 0 Å². The summed E-state index contributed by atoms with van der Waals surface area (Å²) in [5.41, 5.74) is 0.476. The minimum Gasteiger partial charge on any atom is -1.00 e. The molecule has 12 heavy (non-hydrogen) atoms. The quantitative estimate of drug-likeness (QED) is 0.534. The maximum Gasteiger partial charge on any atom is 2.00 e. The summed E-state index contributed by atoms with van der Waals surface area (Å²) >= 11 is 0. The Hall–Kier alpha value is 0.873. The van der Waals surface area contributed by atoms with Gasteiger partial charge in [-0.25, -0.2) is 0 Å². The molecule has 1 saturated heterocycles. The average molecular weight is 241 g/mol. The summed E-state index contributed by atoms with van der Waals surface area (Å²) in [4.78, 5) is 0. The molecule has 1 heterocycles. The predicted octanol–water partition coefficient (Wildman–Crippen LogP) is 0.103. The third-order valence-electron chi connectivity index (χ3n) is 2.18. The van der Waals surface area contributed by atoms with Gasteiger partial charge in [0.05, 0.1) is 0 Å². The topological polar surface area (TPSA) is 14.1 Å². The normalized spacial score (nSPS) is 25.0. The van der Waals surface area contributed by atoms with E-state index in [4.69, 9.17) is 5.32 Å². The summed E-state index contributed by atoms with van der Waals surface area (Å²) < 4.78 is 0. The zero-order valence-electron chi connectivity index (χ0n) is 8.65. The van der Waals surface area contributed by atoms with Gasteiger partial charge >= 0.3 is 19.5 Å². The van der Waals surface area contributed by atoms with E-state index in [9.17, 15) is 0 Å². The fourth-order valence-corrected chi connectivity index (χ4v) is 1.88. The Labute approximate surface area is 95.2 Å². The molecule has 0 atom stereocenters. The summed E-state index contributed by atoms with van der Waals surface area (Å²) in [6, 6.07) is 0. The van der Waals surface area contributed by atoms with Crippen molar-refractivity contribution in [3.63, 3.8) is 0 Å². The minimum atomic E-state index is 0. The van der Waals surface area contributed by atoms with Crippen LogP contribution in [0.25, 0.3) is 5.32 Å². The van der Waals surface area contributed by atoms with Gasteiger partial charge in [-0.1, -0.05) is 47.0 Å². The Morgan fingerprint density at radius 1 is 0.917 bits per heavy atom. The molecule has 0 aromatic rings. The van der Waals surface area contributed by atoms with Crippen LogP contribution in [0.3, 0.4) is 0 Å². The summed E-state index contributed by atoms with van der Waals surface area (Å²) in [5, 5.41) is 4.75. The molecule has 0 saturated carbocycles. The van der Waals surface area contributed by atoms with Gasteiger partial charge in [-0.15, -0.1) is 11.1 Å². The fraction of sp³-hybridized carbons (Fsp3) is 1.00. The van der Waals surface area contributed by atoms with Crippen LogP contribution >= 0.6 is 0 Å². The molecule has 0 aliphatic carbocycles. The fourth-order valence-electron chi connectivity index (χ4n) is 1.88. The maximum atomic E-state index is 4.75. The Balaban J connectivity index is 0. The summed E-state index contributed by atoms with van der Waals surface area (Å²) in [5.74, 6) is 0. The Bertz CT molecular complexity index is 120. The molecule has 1 nitrogen and oxygen atoms in total. The van der Waals surface area contributed by atoms with Crippen LogP contribution in [-0.2, 0) is 19.5 Å². The first kappa shape index (κ1) is 15.4. The molecular formula is C9H18ClNZn. The summed E-state index contributed by atoms with van der Waals surface area (Å²) in [7, 11) is 0. The van der Waals surface area contributed by atoms with E-state index in [2.05, 4.69) is 27.7 Å². The SMILES string of the molecule is CC1(C)CCCC(C)(C)[N-]1.[Cl-].[Zn+2]. The van der Waals surface area contributed by atoms with Crippen LogP contribution in [0.15, 0.2) is 0 Å². The number of halogens is 1. The molecule has 1 aliphatic heterocycles. The molecule has 0 unspecified atom stereocenters. The first-order chi connectivity index (χ1) is 4.41. The number of piperidine rings is 1. The Kier molecular flexibility index (Phi) is 6.31. The predicted molar refractivity (Wildman–Crippen MR) is 45.4 cm³/mol. The van der Waals surface area contributed by atoms with Crippen LogP contribution in [-0.4, -0.2) is 11.1 Å². The molecule has 0 amide bonds. The van der Waals surface area contributed by atoms with E-state index in [1.54, 1.807) is 0 Å². The molecule has 1 fully saturated rings. The van der Waals surface area contributed by atoms with E-state index in [-0.39, 0.29) is 43.0 Å². The van der Waals surface area contributed by atoms with E-state index in [0.29, 0.717) is 0 Å². The molecule has 0 radical (unpaired) electrons. The van der Waals surface area contributed by atoms with E-state index in [1.807, 2.05) is 0 Å². The van der Waals surface area contributed by atoms with E-state index in [1.165, 1.54) is 19.3 Å². The summed E-state index contributed by atoms with van der Waals surface area (Å²) in [6.45, 7) is 8.92. The molecular weight excluding hydrogens is 223 g/mol. The molecule has 0 aromatic heterocycles. The second-order valence-corrected chi connectivity index (χ2v) is 4.59. The van der Waals surface area contributed by atoms with Crippen molar-refractivity contribution in [1.82, 2.24) is 0 Å². The molecule has 0 N–H and O–H groups in total. The van der Waals surface area contributed by atoms with Crippen molar-refractivity contribution in [2.75, 3.05) is 0 Å². The molecule has 0 aromatic carbocycles. The van der Waals surface area contributed by atoms with Crippen molar-refractivity contribution in [2.45, 2.75) is 58.0 Å². The van der Waals surface area contributed by atoms with Crippen LogP contribution < -0.4 is 12.4 Å². The zero-order chi connectivity index (χ0) is 7.83. The first-order valence-corrected chi connectivity index (χ1v) is 4.15. The van der Waals surface area contributed by atoms with Gasteiger partial charge in [-0.05, 0) is 0 Å². The average Bonchev–Trinajstić information content (AvgIpc) is 1.56. The van der Waals surface area contributed by atoms with Crippen molar-refractivity contribution in [3.8, 4) is 0 Å². The van der Waals surface area contributed by atoms with Gasteiger partial charge in [-0.2, -0.15) is 0 Å². The molecule has 3 heteroatoms. The smallest absolute Gasteiger partial charge is 1.00 e. The van der Waals surface area contributed by atoms with Crippen molar-refractivity contribution in [3.05, 3.63) is 5.32 Å². The molecule has 0 bridgehead atoms. The van der Waals surface area contributed by atoms with Gasteiger partial charge < -0.3 is 17.7 Å². The third-order valence-corrected chi connectivity index (χ3v) is 2.18. The Morgan fingerprint density at radius 2 is 1.25 bits per heavy atom. The van der Waals surface area contributed by atoms with Crippen LogP contribution in [0.2, 0.25) is 0 Å². The maximum absolute atomic E-state index is 4.75. The standard InChI is InChI=1S/C9H18N.ClH.Zn/c1-8(2)6-5-7-9(3,4)10-8;;/h5-7H2,1-4H3;1H;/q-1;;+2/p-1. The number of hydrogen-bond donors (Lipinski definition) is 0. The monoisotopic (exact) mass is 239 g/mol. The van der Waals surface area contributed by atoms with Gasteiger partial charge in [0.25, 0.3) is 0 Å².